The van der Waals surface area contributed by atoms with Crippen LogP contribution in [0.2, 0.25) is 0 Å². The number of piperidine rings is 1. The Morgan fingerprint density at radius 2 is 1.83 bits per heavy atom. The number of benzene rings is 1. The van der Waals surface area contributed by atoms with Gasteiger partial charge in [-0.25, -0.2) is 14.8 Å². The molecule has 8 nitrogen and oxygen atoms in total. The van der Waals surface area contributed by atoms with Gasteiger partial charge in [0, 0.05) is 34.8 Å². The van der Waals surface area contributed by atoms with Crippen molar-refractivity contribution in [1.82, 2.24) is 15.1 Å². The summed E-state index contributed by atoms with van der Waals surface area (Å²) in [5.74, 6) is 1.65. The number of aryl methyl sites for hydroxylation is 2. The summed E-state index contributed by atoms with van der Waals surface area (Å²) in [7, 11) is 1.38. The summed E-state index contributed by atoms with van der Waals surface area (Å²) in [6.45, 7) is 4.51. The standard InChI is InChI=1S/C28H32N4O4/c1-16-6-4-5-7-22(16)25-23(26(36-31-25)18-8-9-18)15-35-21-13-19-10-11-20(14-21)32(19)28-29-17(2)12-24(30-28)27(33)34-3/h4-7,12,18-21H,8-11,13-15H2,1-3H3/t19-,20?,21?/m0/s1. The molecule has 0 radical (unpaired) electrons. The normalized spacial score (nSPS) is 23.2. The number of hydrogen-bond acceptors (Lipinski definition) is 8. The molecule has 0 amide bonds. The van der Waals surface area contributed by atoms with Gasteiger partial charge in [-0.05, 0) is 64.0 Å². The summed E-state index contributed by atoms with van der Waals surface area (Å²) >= 11 is 0. The molecule has 1 aliphatic carbocycles. The molecule has 2 aromatic heterocycles. The number of hydrogen-bond donors (Lipinski definition) is 0. The molecule has 2 bridgehead atoms. The van der Waals surface area contributed by atoms with Crippen molar-refractivity contribution >= 4 is 11.9 Å². The van der Waals surface area contributed by atoms with E-state index in [1.54, 1.807) is 6.07 Å². The number of nitrogens with zero attached hydrogens (tertiary/aromatic N) is 4. The Bertz CT molecular complexity index is 1270. The lowest BCUT2D eigenvalue weighted by Crippen LogP contribution is -2.46. The van der Waals surface area contributed by atoms with Crippen LogP contribution in [0.3, 0.4) is 0 Å². The van der Waals surface area contributed by atoms with Gasteiger partial charge in [0.25, 0.3) is 0 Å². The molecule has 2 unspecified atom stereocenters. The van der Waals surface area contributed by atoms with Gasteiger partial charge >= 0.3 is 5.97 Å². The number of anilines is 1. The number of esters is 1. The minimum Gasteiger partial charge on any atom is -0.464 e. The van der Waals surface area contributed by atoms with Gasteiger partial charge in [0.15, 0.2) is 5.69 Å². The van der Waals surface area contributed by atoms with Gasteiger partial charge in [-0.3, -0.25) is 0 Å². The van der Waals surface area contributed by atoms with E-state index in [-0.39, 0.29) is 6.10 Å². The van der Waals surface area contributed by atoms with Gasteiger partial charge in [0.2, 0.25) is 5.95 Å². The van der Waals surface area contributed by atoms with Crippen LogP contribution in [0.1, 0.15) is 77.5 Å². The second-order valence-electron chi connectivity index (χ2n) is 10.3. The molecule has 6 rings (SSSR count). The molecule has 36 heavy (non-hydrogen) atoms. The summed E-state index contributed by atoms with van der Waals surface area (Å²) in [4.78, 5) is 23.6. The number of carbonyl (C=O) groups is 1. The zero-order valence-electron chi connectivity index (χ0n) is 21.1. The molecule has 188 valence electrons. The van der Waals surface area contributed by atoms with Crippen LogP contribution in [0, 0.1) is 13.8 Å². The van der Waals surface area contributed by atoms with Gasteiger partial charge in [-0.2, -0.15) is 0 Å². The third-order valence-electron chi connectivity index (χ3n) is 7.79. The summed E-state index contributed by atoms with van der Waals surface area (Å²) in [5.41, 5.74) is 5.39. The molecule has 3 aromatic rings. The number of carbonyl (C=O) groups excluding carboxylic acids is 1. The molecule has 0 spiro atoms. The average Bonchev–Trinajstić information content (AvgIpc) is 3.58. The molecule has 3 atom stereocenters. The maximum absolute atomic E-state index is 12.1. The Kier molecular flexibility index (Phi) is 5.99. The van der Waals surface area contributed by atoms with Crippen LogP contribution in [0.4, 0.5) is 5.95 Å². The van der Waals surface area contributed by atoms with Crippen LogP contribution in [0.15, 0.2) is 34.9 Å². The largest absolute Gasteiger partial charge is 0.464 e. The number of aromatic nitrogens is 3. The molecular weight excluding hydrogens is 456 g/mol. The quantitative estimate of drug-likeness (QED) is 0.423. The van der Waals surface area contributed by atoms with Crippen molar-refractivity contribution < 1.29 is 18.8 Å². The molecule has 2 saturated heterocycles. The first-order valence-corrected chi connectivity index (χ1v) is 12.9. The van der Waals surface area contributed by atoms with E-state index in [1.165, 1.54) is 12.7 Å². The van der Waals surface area contributed by atoms with Gasteiger partial charge < -0.3 is 18.9 Å². The zero-order valence-corrected chi connectivity index (χ0v) is 21.1. The second-order valence-corrected chi connectivity index (χ2v) is 10.3. The first kappa shape index (κ1) is 23.2. The topological polar surface area (TPSA) is 90.6 Å². The molecule has 2 aliphatic heterocycles. The predicted molar refractivity (Wildman–Crippen MR) is 134 cm³/mol. The van der Waals surface area contributed by atoms with E-state index in [0.29, 0.717) is 36.3 Å². The van der Waals surface area contributed by atoms with E-state index < -0.39 is 5.97 Å². The van der Waals surface area contributed by atoms with Crippen molar-refractivity contribution in [1.29, 1.82) is 0 Å². The van der Waals surface area contributed by atoms with Crippen molar-refractivity contribution in [3.8, 4) is 11.3 Å². The predicted octanol–water partition coefficient (Wildman–Crippen LogP) is 5.13. The van der Waals surface area contributed by atoms with E-state index in [2.05, 4.69) is 39.1 Å². The molecule has 3 aliphatic rings. The van der Waals surface area contributed by atoms with Crippen LogP contribution >= 0.6 is 0 Å². The Morgan fingerprint density at radius 1 is 1.08 bits per heavy atom. The average molecular weight is 489 g/mol. The van der Waals surface area contributed by atoms with Crippen molar-refractivity contribution in [2.24, 2.45) is 0 Å². The van der Waals surface area contributed by atoms with Crippen LogP contribution < -0.4 is 4.90 Å². The minimum atomic E-state index is -0.433. The number of methoxy groups -OCH3 is 1. The van der Waals surface area contributed by atoms with Crippen LogP contribution in [-0.2, 0) is 16.1 Å². The summed E-state index contributed by atoms with van der Waals surface area (Å²) < 4.78 is 17.3. The third-order valence-corrected chi connectivity index (χ3v) is 7.79. The second kappa shape index (κ2) is 9.32. The minimum absolute atomic E-state index is 0.148. The lowest BCUT2D eigenvalue weighted by Gasteiger charge is -2.39. The molecule has 0 N–H and O–H groups in total. The fourth-order valence-corrected chi connectivity index (χ4v) is 5.85. The van der Waals surface area contributed by atoms with Gasteiger partial charge in [0.05, 0.1) is 19.8 Å². The first-order chi connectivity index (χ1) is 17.5. The van der Waals surface area contributed by atoms with Gasteiger partial charge in [0.1, 0.15) is 11.5 Å². The highest BCUT2D eigenvalue weighted by Gasteiger charge is 2.43. The Morgan fingerprint density at radius 3 is 2.53 bits per heavy atom. The highest BCUT2D eigenvalue weighted by Crippen LogP contribution is 2.45. The van der Waals surface area contributed by atoms with Crippen LogP contribution in [0.5, 0.6) is 0 Å². The molecule has 1 aromatic carbocycles. The maximum atomic E-state index is 12.1. The van der Waals surface area contributed by atoms with Crippen molar-refractivity contribution in [2.75, 3.05) is 12.0 Å². The van der Waals surface area contributed by atoms with Crippen LogP contribution in [0.25, 0.3) is 11.3 Å². The molecule has 1 saturated carbocycles. The number of fused-ring (bicyclic) bond motifs is 2. The first-order valence-electron chi connectivity index (χ1n) is 12.9. The third kappa shape index (κ3) is 4.28. The number of rotatable bonds is 7. The van der Waals surface area contributed by atoms with E-state index in [0.717, 1.165) is 66.8 Å². The smallest absolute Gasteiger partial charge is 0.356 e. The lowest BCUT2D eigenvalue weighted by atomic mass is 9.99. The Balaban J connectivity index is 1.19. The lowest BCUT2D eigenvalue weighted by molar-refractivity contribution is 0.0144. The summed E-state index contributed by atoms with van der Waals surface area (Å²) in [5, 5.41) is 4.49. The van der Waals surface area contributed by atoms with Crippen molar-refractivity contribution in [2.45, 2.75) is 83.1 Å². The molecule has 3 fully saturated rings. The van der Waals surface area contributed by atoms with Crippen molar-refractivity contribution in [3.63, 3.8) is 0 Å². The van der Waals surface area contributed by atoms with Gasteiger partial charge in [-0.15, -0.1) is 0 Å². The highest BCUT2D eigenvalue weighted by molar-refractivity contribution is 5.87. The van der Waals surface area contributed by atoms with Crippen LogP contribution in [-0.4, -0.2) is 46.4 Å². The zero-order chi connectivity index (χ0) is 24.8. The molecule has 8 heteroatoms. The van der Waals surface area contributed by atoms with E-state index in [4.69, 9.17) is 14.0 Å². The van der Waals surface area contributed by atoms with E-state index in [9.17, 15) is 4.79 Å². The Hall–Kier alpha value is -3.26. The monoisotopic (exact) mass is 488 g/mol. The fraction of sp³-hybridized carbons (Fsp3) is 0.500. The SMILES string of the molecule is COC(=O)c1cc(C)nc(N2C3CC[C@H]2CC(OCc2c(-c4ccccc4C)noc2C2CC2)C3)n1. The van der Waals surface area contributed by atoms with E-state index in [1.807, 2.05) is 19.1 Å². The van der Waals surface area contributed by atoms with E-state index >= 15 is 0 Å². The molecule has 4 heterocycles. The molecular formula is C28H32N4O4. The summed E-state index contributed by atoms with van der Waals surface area (Å²) in [6.07, 6.45) is 6.42. The summed E-state index contributed by atoms with van der Waals surface area (Å²) in [6, 6.07) is 10.6. The van der Waals surface area contributed by atoms with Crippen molar-refractivity contribution in [3.05, 3.63) is 58.6 Å². The number of ether oxygens (including phenoxy) is 2. The highest BCUT2D eigenvalue weighted by atomic mass is 16.5. The Labute approximate surface area is 211 Å². The van der Waals surface area contributed by atoms with Gasteiger partial charge in [-0.1, -0.05) is 29.4 Å². The fourth-order valence-electron chi connectivity index (χ4n) is 5.85. The maximum Gasteiger partial charge on any atom is 0.356 e.